The molecule has 0 aliphatic rings. The van der Waals surface area contributed by atoms with Crippen LogP contribution in [0.25, 0.3) is 0 Å². The highest BCUT2D eigenvalue weighted by Crippen LogP contribution is 2.15. The van der Waals surface area contributed by atoms with Crippen LogP contribution in [-0.2, 0) is 0 Å². The number of hydrogen-bond acceptors (Lipinski definition) is 2. The maximum absolute atomic E-state index is 10.3. The number of rotatable bonds is 4. The highest BCUT2D eigenvalue weighted by Gasteiger charge is 2.28. The van der Waals surface area contributed by atoms with Crippen molar-refractivity contribution in [1.82, 2.24) is 0 Å². The Hall–Kier alpha value is -0.600. The third-order valence-corrected chi connectivity index (χ3v) is 1.64. The molecule has 0 aromatic rings. The Kier molecular flexibility index (Phi) is 8.22. The molecule has 0 bridgehead atoms. The molecule has 0 amide bonds. The summed E-state index contributed by atoms with van der Waals surface area (Å²) in [6, 6.07) is 0. The van der Waals surface area contributed by atoms with Crippen LogP contribution < -0.4 is 0 Å². The van der Waals surface area contributed by atoms with Crippen LogP contribution in [0.1, 0.15) is 53.9 Å². The molecule has 0 N–H and O–H groups in total. The molecule has 74 valence electrons. The first-order valence-corrected chi connectivity index (χ1v) is 4.65. The minimum absolute atomic E-state index is 0.206. The molecule has 0 rings (SSSR count). The molecule has 0 aromatic heterocycles. The molecule has 0 radical (unpaired) electrons. The first-order chi connectivity index (χ1) is 5.50. The number of nitrogens with zero attached hydrogens (tertiary/aromatic N) is 1. The molecule has 0 saturated carbocycles. The van der Waals surface area contributed by atoms with Crippen molar-refractivity contribution in [2.24, 2.45) is 0 Å². The molecule has 0 saturated heterocycles. The van der Waals surface area contributed by atoms with Crippen LogP contribution in [0.15, 0.2) is 0 Å². The van der Waals surface area contributed by atoms with Gasteiger partial charge in [0.2, 0.25) is 5.54 Å². The van der Waals surface area contributed by atoms with Crippen molar-refractivity contribution in [3.8, 4) is 0 Å². The average Bonchev–Trinajstić information content (AvgIpc) is 2.04. The zero-order valence-corrected chi connectivity index (χ0v) is 8.89. The molecule has 0 unspecified atom stereocenters. The Morgan fingerprint density at radius 2 is 1.75 bits per heavy atom. The van der Waals surface area contributed by atoms with Crippen LogP contribution in [0.3, 0.4) is 0 Å². The van der Waals surface area contributed by atoms with E-state index in [2.05, 4.69) is 0 Å². The molecule has 0 aliphatic carbocycles. The van der Waals surface area contributed by atoms with Gasteiger partial charge in [0, 0.05) is 25.2 Å². The van der Waals surface area contributed by atoms with Crippen molar-refractivity contribution in [1.29, 1.82) is 0 Å². The standard InChI is InChI=1S/C7H15NO2.C2H6/c1-4-5-6-7(2,3)8(9)10;1-2/h4-6H2,1-3H3;1-2H3. The zero-order chi connectivity index (χ0) is 10.2. The molecule has 12 heavy (non-hydrogen) atoms. The van der Waals surface area contributed by atoms with E-state index in [1.165, 1.54) is 0 Å². The minimum Gasteiger partial charge on any atom is -0.264 e. The van der Waals surface area contributed by atoms with Crippen LogP contribution in [0.2, 0.25) is 0 Å². The van der Waals surface area contributed by atoms with Crippen molar-refractivity contribution in [2.75, 3.05) is 0 Å². The van der Waals surface area contributed by atoms with Gasteiger partial charge >= 0.3 is 0 Å². The molecule has 0 aliphatic heterocycles. The summed E-state index contributed by atoms with van der Waals surface area (Å²) in [5.74, 6) is 0. The van der Waals surface area contributed by atoms with Gasteiger partial charge in [-0.05, 0) is 6.42 Å². The van der Waals surface area contributed by atoms with Gasteiger partial charge < -0.3 is 0 Å². The van der Waals surface area contributed by atoms with Gasteiger partial charge in [-0.2, -0.15) is 0 Å². The Morgan fingerprint density at radius 3 is 2.00 bits per heavy atom. The van der Waals surface area contributed by atoms with Crippen LogP contribution in [-0.4, -0.2) is 10.5 Å². The summed E-state index contributed by atoms with van der Waals surface area (Å²) in [5.41, 5.74) is -0.726. The lowest BCUT2D eigenvalue weighted by molar-refractivity contribution is -0.561. The Labute approximate surface area is 75.3 Å². The fourth-order valence-corrected chi connectivity index (χ4v) is 0.701. The summed E-state index contributed by atoms with van der Waals surface area (Å²) in [7, 11) is 0. The zero-order valence-electron chi connectivity index (χ0n) is 8.89. The lowest BCUT2D eigenvalue weighted by atomic mass is 9.99. The summed E-state index contributed by atoms with van der Waals surface area (Å²) in [4.78, 5) is 10.1. The first-order valence-electron chi connectivity index (χ1n) is 4.65. The van der Waals surface area contributed by atoms with Gasteiger partial charge in [-0.1, -0.05) is 27.2 Å². The minimum atomic E-state index is -0.726. The fraction of sp³-hybridized carbons (Fsp3) is 1.00. The van der Waals surface area contributed by atoms with Crippen molar-refractivity contribution >= 4 is 0 Å². The summed E-state index contributed by atoms with van der Waals surface area (Å²) < 4.78 is 0. The SMILES string of the molecule is CC.CCCCC(C)(C)[N+](=O)[O-]. The van der Waals surface area contributed by atoms with Gasteiger partial charge in [-0.15, -0.1) is 0 Å². The molecular weight excluding hydrogens is 154 g/mol. The van der Waals surface area contributed by atoms with Crippen LogP contribution in [0, 0.1) is 10.1 Å². The van der Waals surface area contributed by atoms with Gasteiger partial charge in [-0.3, -0.25) is 10.1 Å². The maximum Gasteiger partial charge on any atom is 0.216 e. The normalized spacial score (nSPS) is 10.1. The van der Waals surface area contributed by atoms with E-state index in [9.17, 15) is 10.1 Å². The molecular formula is C9H21NO2. The molecule has 0 aromatic carbocycles. The van der Waals surface area contributed by atoms with E-state index in [1.807, 2.05) is 20.8 Å². The van der Waals surface area contributed by atoms with Crippen LogP contribution in [0.5, 0.6) is 0 Å². The van der Waals surface area contributed by atoms with E-state index in [4.69, 9.17) is 0 Å². The Balaban J connectivity index is 0. The van der Waals surface area contributed by atoms with E-state index in [-0.39, 0.29) is 4.92 Å². The van der Waals surface area contributed by atoms with Crippen molar-refractivity contribution < 1.29 is 4.92 Å². The smallest absolute Gasteiger partial charge is 0.216 e. The highest BCUT2D eigenvalue weighted by atomic mass is 16.6. The van der Waals surface area contributed by atoms with Gasteiger partial charge in [0.1, 0.15) is 0 Å². The predicted octanol–water partition coefficient (Wildman–Crippen LogP) is 3.26. The van der Waals surface area contributed by atoms with E-state index >= 15 is 0 Å². The average molecular weight is 175 g/mol. The number of unbranched alkanes of at least 4 members (excludes halogenated alkanes) is 1. The van der Waals surface area contributed by atoms with Crippen LogP contribution >= 0.6 is 0 Å². The molecule has 0 heterocycles. The number of hydrogen-bond donors (Lipinski definition) is 0. The second-order valence-electron chi connectivity index (χ2n) is 3.17. The molecule has 0 atom stereocenters. The van der Waals surface area contributed by atoms with Crippen molar-refractivity contribution in [2.45, 2.75) is 59.4 Å². The third kappa shape index (κ3) is 6.13. The van der Waals surface area contributed by atoms with E-state index < -0.39 is 5.54 Å². The monoisotopic (exact) mass is 175 g/mol. The van der Waals surface area contributed by atoms with Gasteiger partial charge in [-0.25, -0.2) is 0 Å². The lowest BCUT2D eigenvalue weighted by Gasteiger charge is -2.13. The van der Waals surface area contributed by atoms with E-state index in [1.54, 1.807) is 13.8 Å². The van der Waals surface area contributed by atoms with Crippen molar-refractivity contribution in [3.05, 3.63) is 10.1 Å². The predicted molar refractivity (Wildman–Crippen MR) is 51.9 cm³/mol. The molecule has 3 nitrogen and oxygen atoms in total. The summed E-state index contributed by atoms with van der Waals surface area (Å²) in [5, 5.41) is 10.3. The first kappa shape index (κ1) is 14.0. The van der Waals surface area contributed by atoms with Crippen molar-refractivity contribution in [3.63, 3.8) is 0 Å². The van der Waals surface area contributed by atoms with E-state index in [0.29, 0.717) is 6.42 Å². The molecule has 0 fully saturated rings. The Bertz CT molecular complexity index is 122. The summed E-state index contributed by atoms with van der Waals surface area (Å²) in [6.45, 7) is 9.38. The molecule has 3 heteroatoms. The van der Waals surface area contributed by atoms with Gasteiger partial charge in [0.25, 0.3) is 0 Å². The lowest BCUT2D eigenvalue weighted by Crippen LogP contribution is -2.30. The largest absolute Gasteiger partial charge is 0.264 e. The van der Waals surface area contributed by atoms with E-state index in [0.717, 1.165) is 12.8 Å². The number of nitro groups is 1. The Morgan fingerprint density at radius 1 is 1.33 bits per heavy atom. The third-order valence-electron chi connectivity index (χ3n) is 1.64. The van der Waals surface area contributed by atoms with Gasteiger partial charge in [0.15, 0.2) is 0 Å². The maximum atomic E-state index is 10.3. The second-order valence-corrected chi connectivity index (χ2v) is 3.17. The topological polar surface area (TPSA) is 43.1 Å². The highest BCUT2D eigenvalue weighted by molar-refractivity contribution is 4.65. The summed E-state index contributed by atoms with van der Waals surface area (Å²) >= 11 is 0. The second kappa shape index (κ2) is 7.07. The van der Waals surface area contributed by atoms with Crippen LogP contribution in [0.4, 0.5) is 0 Å². The van der Waals surface area contributed by atoms with Gasteiger partial charge in [0.05, 0.1) is 0 Å². The fourth-order valence-electron chi connectivity index (χ4n) is 0.701. The molecule has 0 spiro atoms. The summed E-state index contributed by atoms with van der Waals surface area (Å²) in [6.07, 6.45) is 2.64. The quantitative estimate of drug-likeness (QED) is 0.486.